The van der Waals surface area contributed by atoms with Gasteiger partial charge >= 0.3 is 0 Å². The molecule has 2 aromatic heterocycles. The highest BCUT2D eigenvalue weighted by molar-refractivity contribution is 7.91. The number of imidazole rings is 1. The Balaban J connectivity index is 1.37. The average Bonchev–Trinajstić information content (AvgIpc) is 3.51. The van der Waals surface area contributed by atoms with Gasteiger partial charge in [0, 0.05) is 36.8 Å². The van der Waals surface area contributed by atoms with Crippen LogP contribution in [0.1, 0.15) is 23.7 Å². The number of halogens is 1. The quantitative estimate of drug-likeness (QED) is 0.384. The summed E-state index contributed by atoms with van der Waals surface area (Å²) in [5.41, 5.74) is 4.74. The first-order valence-corrected chi connectivity index (χ1v) is 14.7. The molecule has 0 spiro atoms. The van der Waals surface area contributed by atoms with Crippen LogP contribution in [0, 0.1) is 5.82 Å². The molecule has 11 heteroatoms. The normalized spacial score (nSPS) is 20.3. The zero-order valence-electron chi connectivity index (χ0n) is 21.5. The monoisotopic (exact) mass is 549 g/mol. The molecule has 5 heterocycles. The van der Waals surface area contributed by atoms with Crippen LogP contribution in [0.15, 0.2) is 53.6 Å². The second kappa shape index (κ2) is 9.37. The lowest BCUT2D eigenvalue weighted by molar-refractivity contribution is -0.00436. The summed E-state index contributed by atoms with van der Waals surface area (Å²) in [5.74, 6) is -0.508. The predicted molar refractivity (Wildman–Crippen MR) is 141 cm³/mol. The van der Waals surface area contributed by atoms with Crippen LogP contribution in [0.5, 0.6) is 0 Å². The van der Waals surface area contributed by atoms with Crippen molar-refractivity contribution in [1.82, 2.24) is 24.2 Å². The number of nitrogens with zero attached hydrogens (tertiary/aromatic N) is 5. The molecule has 1 atom stereocenters. The Hall–Kier alpha value is -3.38. The second-order valence-electron chi connectivity index (χ2n) is 10.3. The molecular formula is C28H28FN5O4S. The number of hydrogen-bond donors (Lipinski definition) is 0. The fourth-order valence-electron chi connectivity index (χ4n) is 5.77. The number of ether oxygens (including phenoxy) is 2. The van der Waals surface area contributed by atoms with E-state index >= 15 is 0 Å². The van der Waals surface area contributed by atoms with E-state index in [4.69, 9.17) is 14.6 Å². The Morgan fingerprint density at radius 2 is 1.90 bits per heavy atom. The van der Waals surface area contributed by atoms with Crippen LogP contribution in [0.4, 0.5) is 4.39 Å². The third kappa shape index (κ3) is 4.11. The largest absolute Gasteiger partial charge is 0.379 e. The van der Waals surface area contributed by atoms with Crippen molar-refractivity contribution in [3.8, 4) is 28.5 Å². The third-order valence-electron chi connectivity index (χ3n) is 7.78. The molecule has 0 radical (unpaired) electrons. The standard InChI is InChI=1S/C28H28FN5O4S/c1-18-15-37-11-9-32(18)14-19-5-7-20(8-6-19)34-26-22-3-2-4-24(29)27(22)39(35,36)17-23(26)25(31-34)28-30-13-21-16-38-12-10-33(21)28/h2-8,13,18H,9-12,14-17H2,1H3/t18-/m1/s1. The number of hydrogen-bond acceptors (Lipinski definition) is 7. The third-order valence-corrected chi connectivity index (χ3v) is 9.49. The molecule has 9 nitrogen and oxygen atoms in total. The number of aromatic nitrogens is 4. The van der Waals surface area contributed by atoms with Gasteiger partial charge < -0.3 is 14.0 Å². The molecule has 3 aliphatic heterocycles. The van der Waals surface area contributed by atoms with E-state index in [9.17, 15) is 12.8 Å². The number of fused-ring (bicyclic) bond motifs is 4. The maximum Gasteiger partial charge on any atom is 0.186 e. The van der Waals surface area contributed by atoms with Crippen LogP contribution >= 0.6 is 0 Å². The molecule has 2 aromatic carbocycles. The highest BCUT2D eigenvalue weighted by atomic mass is 32.2. The lowest BCUT2D eigenvalue weighted by Gasteiger charge is -2.33. The Bertz CT molecular complexity index is 1680. The van der Waals surface area contributed by atoms with Crippen LogP contribution in [0.2, 0.25) is 0 Å². The summed E-state index contributed by atoms with van der Waals surface area (Å²) < 4.78 is 56.5. The van der Waals surface area contributed by atoms with E-state index in [-0.39, 0.29) is 10.6 Å². The van der Waals surface area contributed by atoms with Gasteiger partial charge in [0.05, 0.1) is 55.5 Å². The van der Waals surface area contributed by atoms with Crippen LogP contribution < -0.4 is 0 Å². The molecule has 0 bridgehead atoms. The maximum atomic E-state index is 15.0. The number of benzene rings is 2. The molecule has 4 aromatic rings. The van der Waals surface area contributed by atoms with E-state index in [1.54, 1.807) is 16.9 Å². The van der Waals surface area contributed by atoms with Crippen molar-refractivity contribution in [2.75, 3.05) is 26.4 Å². The Kier molecular flexibility index (Phi) is 5.92. The second-order valence-corrected chi connectivity index (χ2v) is 12.2. The molecule has 0 saturated carbocycles. The molecule has 1 saturated heterocycles. The Morgan fingerprint density at radius 1 is 1.08 bits per heavy atom. The van der Waals surface area contributed by atoms with E-state index < -0.39 is 15.7 Å². The Morgan fingerprint density at radius 3 is 2.72 bits per heavy atom. The summed E-state index contributed by atoms with van der Waals surface area (Å²) in [6, 6.07) is 12.8. The molecule has 7 rings (SSSR count). The minimum Gasteiger partial charge on any atom is -0.379 e. The first-order chi connectivity index (χ1) is 18.9. The van der Waals surface area contributed by atoms with E-state index in [1.165, 1.54) is 12.1 Å². The summed E-state index contributed by atoms with van der Waals surface area (Å²) in [5, 5.41) is 4.94. The van der Waals surface area contributed by atoms with Gasteiger partial charge in [0.1, 0.15) is 16.4 Å². The Labute approximate surface area is 225 Å². The molecule has 39 heavy (non-hydrogen) atoms. The number of sulfone groups is 1. The molecule has 0 amide bonds. The van der Waals surface area contributed by atoms with E-state index in [0.29, 0.717) is 54.1 Å². The highest BCUT2D eigenvalue weighted by Crippen LogP contribution is 2.44. The van der Waals surface area contributed by atoms with Gasteiger partial charge in [-0.2, -0.15) is 5.10 Å². The topological polar surface area (TPSA) is 91.5 Å². The smallest absolute Gasteiger partial charge is 0.186 e. The average molecular weight is 550 g/mol. The van der Waals surface area contributed by atoms with Gasteiger partial charge in [0.15, 0.2) is 15.7 Å². The van der Waals surface area contributed by atoms with Crippen LogP contribution in [0.3, 0.4) is 0 Å². The molecule has 0 N–H and O–H groups in total. The summed E-state index contributed by atoms with van der Waals surface area (Å²) in [6.07, 6.45) is 1.74. The molecule has 0 aliphatic carbocycles. The maximum absolute atomic E-state index is 15.0. The molecular weight excluding hydrogens is 521 g/mol. The van der Waals surface area contributed by atoms with Gasteiger partial charge in [-0.3, -0.25) is 4.90 Å². The minimum atomic E-state index is -3.92. The molecule has 202 valence electrons. The summed E-state index contributed by atoms with van der Waals surface area (Å²) in [7, 11) is -3.92. The fourth-order valence-corrected chi connectivity index (χ4v) is 7.44. The minimum absolute atomic E-state index is 0.276. The van der Waals surface area contributed by atoms with Gasteiger partial charge in [0.2, 0.25) is 0 Å². The zero-order valence-corrected chi connectivity index (χ0v) is 22.3. The number of rotatable bonds is 4. The summed E-state index contributed by atoms with van der Waals surface area (Å²) in [6.45, 7) is 6.88. The molecule has 3 aliphatic rings. The van der Waals surface area contributed by atoms with Crippen molar-refractivity contribution in [3.63, 3.8) is 0 Å². The van der Waals surface area contributed by atoms with E-state index in [2.05, 4.69) is 28.9 Å². The van der Waals surface area contributed by atoms with Crippen molar-refractivity contribution >= 4 is 9.84 Å². The predicted octanol–water partition coefficient (Wildman–Crippen LogP) is 3.58. The van der Waals surface area contributed by atoms with Crippen molar-refractivity contribution in [3.05, 3.63) is 71.3 Å². The van der Waals surface area contributed by atoms with Crippen LogP contribution in [0.25, 0.3) is 28.5 Å². The fraction of sp³-hybridized carbons (Fsp3) is 0.357. The highest BCUT2D eigenvalue weighted by Gasteiger charge is 2.38. The lowest BCUT2D eigenvalue weighted by Crippen LogP contribution is -2.42. The SMILES string of the molecule is C[C@@H]1COCCN1Cc1ccc(-n2nc(-c3ncc4n3CCOC4)c3c2-c2cccc(F)c2S(=O)(=O)C3)cc1. The van der Waals surface area contributed by atoms with Crippen molar-refractivity contribution in [1.29, 1.82) is 0 Å². The first kappa shape index (κ1) is 24.6. The van der Waals surface area contributed by atoms with E-state index in [0.717, 1.165) is 43.2 Å². The summed E-state index contributed by atoms with van der Waals surface area (Å²) in [4.78, 5) is 6.73. The molecule has 1 fully saturated rings. The summed E-state index contributed by atoms with van der Waals surface area (Å²) >= 11 is 0. The van der Waals surface area contributed by atoms with Gasteiger partial charge in [-0.05, 0) is 30.7 Å². The van der Waals surface area contributed by atoms with Crippen molar-refractivity contribution in [2.24, 2.45) is 0 Å². The zero-order chi connectivity index (χ0) is 26.7. The van der Waals surface area contributed by atoms with Crippen molar-refractivity contribution < 1.29 is 22.3 Å². The lowest BCUT2D eigenvalue weighted by atomic mass is 10.0. The van der Waals surface area contributed by atoms with E-state index in [1.807, 2.05) is 16.7 Å². The van der Waals surface area contributed by atoms with Gasteiger partial charge in [0.25, 0.3) is 0 Å². The van der Waals surface area contributed by atoms with Gasteiger partial charge in [-0.1, -0.05) is 24.3 Å². The first-order valence-electron chi connectivity index (χ1n) is 13.1. The van der Waals surface area contributed by atoms with Crippen molar-refractivity contribution in [2.45, 2.75) is 43.3 Å². The van der Waals surface area contributed by atoms with Gasteiger partial charge in [-0.15, -0.1) is 0 Å². The van der Waals surface area contributed by atoms with Gasteiger partial charge in [-0.25, -0.2) is 22.5 Å². The number of morpholine rings is 1. The molecule has 0 unspecified atom stereocenters. The van der Waals surface area contributed by atoms with Crippen LogP contribution in [-0.4, -0.2) is 65.1 Å². The van der Waals surface area contributed by atoms with Crippen LogP contribution in [-0.2, 0) is 44.8 Å².